The molecular weight excluding hydrogens is 260 g/mol. The summed E-state index contributed by atoms with van der Waals surface area (Å²) in [5, 5.41) is 1.71. The molecule has 0 saturated heterocycles. The number of anilines is 1. The van der Waals surface area contributed by atoms with Crippen LogP contribution in [-0.4, -0.2) is 0 Å². The second-order valence-corrected chi connectivity index (χ2v) is 5.63. The van der Waals surface area contributed by atoms with E-state index in [1.54, 1.807) is 5.17 Å². The van der Waals surface area contributed by atoms with E-state index in [9.17, 15) is 0 Å². The van der Waals surface area contributed by atoms with Crippen molar-refractivity contribution >= 4 is 11.4 Å². The second kappa shape index (κ2) is 5.17. The SMILES string of the molecule is Cc1ccc(C2=CNN(c3ccc(C)cc3C)O2)c(C)c1. The Morgan fingerprint density at radius 2 is 1.52 bits per heavy atom. The maximum absolute atomic E-state index is 5.96. The molecule has 1 aliphatic heterocycles. The molecular formula is C18H20N2O. The van der Waals surface area contributed by atoms with Crippen LogP contribution in [0.15, 0.2) is 42.6 Å². The van der Waals surface area contributed by atoms with Gasteiger partial charge in [0.25, 0.3) is 0 Å². The highest BCUT2D eigenvalue weighted by Crippen LogP contribution is 2.29. The number of hydrazine groups is 1. The summed E-state index contributed by atoms with van der Waals surface area (Å²) in [6.07, 6.45) is 1.90. The van der Waals surface area contributed by atoms with Crippen molar-refractivity contribution in [3.05, 3.63) is 70.4 Å². The largest absolute Gasteiger partial charge is 0.357 e. The number of benzene rings is 2. The summed E-state index contributed by atoms with van der Waals surface area (Å²) >= 11 is 0. The molecule has 0 fully saturated rings. The predicted octanol–water partition coefficient (Wildman–Crippen LogP) is 4.18. The van der Waals surface area contributed by atoms with Crippen molar-refractivity contribution in [2.75, 3.05) is 5.17 Å². The highest BCUT2D eigenvalue weighted by Gasteiger charge is 2.20. The number of aryl methyl sites for hydroxylation is 4. The first-order chi connectivity index (χ1) is 10.0. The van der Waals surface area contributed by atoms with Gasteiger partial charge in [-0.05, 0) is 44.9 Å². The van der Waals surface area contributed by atoms with E-state index < -0.39 is 0 Å². The van der Waals surface area contributed by atoms with Gasteiger partial charge in [-0.2, -0.15) is 0 Å². The molecule has 0 radical (unpaired) electrons. The lowest BCUT2D eigenvalue weighted by atomic mass is 10.0. The molecule has 0 aromatic heterocycles. The molecule has 3 nitrogen and oxygen atoms in total. The molecule has 1 N–H and O–H groups in total. The fraction of sp³-hybridized carbons (Fsp3) is 0.222. The number of hydrogen-bond donors (Lipinski definition) is 1. The molecule has 108 valence electrons. The summed E-state index contributed by atoms with van der Waals surface area (Å²) in [6.45, 7) is 8.38. The lowest BCUT2D eigenvalue weighted by Crippen LogP contribution is -2.28. The molecule has 3 heteroatoms. The van der Waals surface area contributed by atoms with Crippen molar-refractivity contribution < 1.29 is 4.84 Å². The summed E-state index contributed by atoms with van der Waals surface area (Å²) in [6, 6.07) is 12.7. The lowest BCUT2D eigenvalue weighted by Gasteiger charge is -2.20. The van der Waals surface area contributed by atoms with Crippen LogP contribution in [0.4, 0.5) is 5.69 Å². The summed E-state index contributed by atoms with van der Waals surface area (Å²) in [4.78, 5) is 5.96. The number of nitrogens with one attached hydrogen (secondary N) is 1. The van der Waals surface area contributed by atoms with Gasteiger partial charge >= 0.3 is 0 Å². The van der Waals surface area contributed by atoms with Crippen LogP contribution in [0.25, 0.3) is 5.76 Å². The van der Waals surface area contributed by atoms with Crippen LogP contribution in [0.2, 0.25) is 0 Å². The Labute approximate surface area is 125 Å². The van der Waals surface area contributed by atoms with Crippen molar-refractivity contribution in [3.8, 4) is 0 Å². The number of nitrogens with zero attached hydrogens (tertiary/aromatic N) is 1. The zero-order chi connectivity index (χ0) is 15.0. The quantitative estimate of drug-likeness (QED) is 0.893. The molecule has 0 bridgehead atoms. The van der Waals surface area contributed by atoms with Crippen LogP contribution in [0.5, 0.6) is 0 Å². The van der Waals surface area contributed by atoms with Gasteiger partial charge in [0.1, 0.15) is 5.69 Å². The predicted molar refractivity (Wildman–Crippen MR) is 86.5 cm³/mol. The zero-order valence-corrected chi connectivity index (χ0v) is 12.9. The average molecular weight is 280 g/mol. The molecule has 1 aliphatic rings. The first kappa shape index (κ1) is 13.6. The number of rotatable bonds is 2. The van der Waals surface area contributed by atoms with E-state index in [1.165, 1.54) is 22.3 Å². The Hall–Kier alpha value is -2.42. The highest BCUT2D eigenvalue weighted by atomic mass is 16.7. The van der Waals surface area contributed by atoms with E-state index in [0.717, 1.165) is 17.0 Å². The smallest absolute Gasteiger partial charge is 0.182 e. The Bertz CT molecular complexity index is 719. The Morgan fingerprint density at radius 3 is 2.19 bits per heavy atom. The number of hydrogen-bond acceptors (Lipinski definition) is 3. The van der Waals surface area contributed by atoms with E-state index in [1.807, 2.05) is 6.20 Å². The van der Waals surface area contributed by atoms with Gasteiger partial charge in [-0.3, -0.25) is 5.43 Å². The van der Waals surface area contributed by atoms with E-state index in [4.69, 9.17) is 4.84 Å². The molecule has 0 amide bonds. The van der Waals surface area contributed by atoms with E-state index in [2.05, 4.69) is 69.5 Å². The van der Waals surface area contributed by atoms with Crippen LogP contribution in [0, 0.1) is 27.7 Å². The van der Waals surface area contributed by atoms with Gasteiger partial charge in [0, 0.05) is 5.56 Å². The van der Waals surface area contributed by atoms with Crippen molar-refractivity contribution in [1.82, 2.24) is 5.43 Å². The van der Waals surface area contributed by atoms with E-state index >= 15 is 0 Å². The molecule has 0 saturated carbocycles. The van der Waals surface area contributed by atoms with Gasteiger partial charge in [0.15, 0.2) is 5.76 Å². The van der Waals surface area contributed by atoms with E-state index in [-0.39, 0.29) is 0 Å². The van der Waals surface area contributed by atoms with E-state index in [0.29, 0.717) is 0 Å². The van der Waals surface area contributed by atoms with Crippen molar-refractivity contribution in [1.29, 1.82) is 0 Å². The van der Waals surface area contributed by atoms with Crippen LogP contribution in [-0.2, 0) is 4.84 Å². The lowest BCUT2D eigenvalue weighted by molar-refractivity contribution is 0.243. The maximum atomic E-state index is 5.96. The van der Waals surface area contributed by atoms with Gasteiger partial charge < -0.3 is 4.84 Å². The van der Waals surface area contributed by atoms with Crippen LogP contribution < -0.4 is 10.6 Å². The molecule has 0 atom stereocenters. The monoisotopic (exact) mass is 280 g/mol. The third kappa shape index (κ3) is 2.59. The first-order valence-electron chi connectivity index (χ1n) is 7.14. The third-order valence-corrected chi connectivity index (χ3v) is 3.72. The van der Waals surface area contributed by atoms with Crippen molar-refractivity contribution in [2.24, 2.45) is 0 Å². The standard InChI is InChI=1S/C18H20N2O/c1-12-5-7-16(14(3)9-12)18-11-19-20(21-18)17-8-6-13(2)10-15(17)4/h5-11,19H,1-4H3. The fourth-order valence-electron chi connectivity index (χ4n) is 2.64. The van der Waals surface area contributed by atoms with Gasteiger partial charge in [-0.15, -0.1) is 5.17 Å². The molecule has 0 unspecified atom stereocenters. The molecule has 2 aromatic carbocycles. The molecule has 0 spiro atoms. The molecule has 1 heterocycles. The average Bonchev–Trinajstić information content (AvgIpc) is 2.87. The minimum Gasteiger partial charge on any atom is -0.357 e. The van der Waals surface area contributed by atoms with Crippen molar-refractivity contribution in [3.63, 3.8) is 0 Å². The topological polar surface area (TPSA) is 24.5 Å². The summed E-state index contributed by atoms with van der Waals surface area (Å²) in [7, 11) is 0. The first-order valence-corrected chi connectivity index (χ1v) is 7.14. The normalized spacial score (nSPS) is 13.7. The summed E-state index contributed by atoms with van der Waals surface area (Å²) in [5.41, 5.74) is 10.2. The Morgan fingerprint density at radius 1 is 0.857 bits per heavy atom. The van der Waals surface area contributed by atoms with Gasteiger partial charge in [-0.1, -0.05) is 41.5 Å². The molecule has 2 aromatic rings. The van der Waals surface area contributed by atoms with Crippen LogP contribution in [0.1, 0.15) is 27.8 Å². The molecule has 21 heavy (non-hydrogen) atoms. The Kier molecular flexibility index (Phi) is 3.34. The molecule has 3 rings (SSSR count). The highest BCUT2D eigenvalue weighted by molar-refractivity contribution is 5.67. The third-order valence-electron chi connectivity index (χ3n) is 3.72. The summed E-state index contributed by atoms with van der Waals surface area (Å²) < 4.78 is 0. The second-order valence-electron chi connectivity index (χ2n) is 5.63. The zero-order valence-electron chi connectivity index (χ0n) is 12.9. The van der Waals surface area contributed by atoms with Gasteiger partial charge in [0.05, 0.1) is 6.20 Å². The summed E-state index contributed by atoms with van der Waals surface area (Å²) in [5.74, 6) is 0.840. The van der Waals surface area contributed by atoms with Crippen LogP contribution in [0.3, 0.4) is 0 Å². The fourth-order valence-corrected chi connectivity index (χ4v) is 2.64. The maximum Gasteiger partial charge on any atom is 0.182 e. The molecule has 0 aliphatic carbocycles. The minimum atomic E-state index is 0.840. The van der Waals surface area contributed by atoms with Gasteiger partial charge in [-0.25, -0.2) is 0 Å². The van der Waals surface area contributed by atoms with Crippen molar-refractivity contribution in [2.45, 2.75) is 27.7 Å². The van der Waals surface area contributed by atoms with Gasteiger partial charge in [0.2, 0.25) is 0 Å². The van der Waals surface area contributed by atoms with Crippen LogP contribution >= 0.6 is 0 Å². The minimum absolute atomic E-state index is 0.840. The Balaban J connectivity index is 1.84.